The third kappa shape index (κ3) is 2.79. The summed E-state index contributed by atoms with van der Waals surface area (Å²) < 4.78 is 6.01. The molecule has 3 heteroatoms. The van der Waals surface area contributed by atoms with E-state index in [1.807, 2.05) is 61.5 Å². The van der Waals surface area contributed by atoms with Crippen LogP contribution in [0.3, 0.4) is 0 Å². The van der Waals surface area contributed by atoms with Crippen molar-refractivity contribution in [1.82, 2.24) is 0 Å². The molecule has 0 aliphatic rings. The average molecular weight is 330 g/mol. The van der Waals surface area contributed by atoms with Crippen molar-refractivity contribution in [3.05, 3.63) is 89.5 Å². The number of furan rings is 1. The van der Waals surface area contributed by atoms with Crippen LogP contribution in [0.2, 0.25) is 0 Å². The first-order chi connectivity index (χ1) is 12.1. The van der Waals surface area contributed by atoms with E-state index in [1.165, 1.54) is 0 Å². The van der Waals surface area contributed by atoms with E-state index in [0.717, 1.165) is 22.1 Å². The number of aliphatic hydroxyl groups is 1. The van der Waals surface area contributed by atoms with Crippen molar-refractivity contribution in [3.63, 3.8) is 0 Å². The standard InChI is InChI=1S/C22H18O3/c1-14-7-9-15(10-8-14)21(24)20-18-12-11-17(23)13-19(18)25-22(20)16-5-3-2-4-6-16/h2-13,21,23-24H,1H3. The van der Waals surface area contributed by atoms with Crippen LogP contribution >= 0.6 is 0 Å². The molecule has 4 rings (SSSR count). The van der Waals surface area contributed by atoms with Crippen LogP contribution in [-0.4, -0.2) is 10.2 Å². The largest absolute Gasteiger partial charge is 0.508 e. The quantitative estimate of drug-likeness (QED) is 0.543. The minimum Gasteiger partial charge on any atom is -0.508 e. The number of aliphatic hydroxyl groups excluding tert-OH is 1. The first kappa shape index (κ1) is 15.5. The highest BCUT2D eigenvalue weighted by atomic mass is 16.3. The fourth-order valence-electron chi connectivity index (χ4n) is 3.10. The van der Waals surface area contributed by atoms with E-state index >= 15 is 0 Å². The van der Waals surface area contributed by atoms with E-state index in [9.17, 15) is 10.2 Å². The minimum absolute atomic E-state index is 0.136. The van der Waals surface area contributed by atoms with E-state index in [2.05, 4.69) is 0 Å². The van der Waals surface area contributed by atoms with Crippen LogP contribution in [0.4, 0.5) is 0 Å². The van der Waals surface area contributed by atoms with Gasteiger partial charge in [-0.15, -0.1) is 0 Å². The van der Waals surface area contributed by atoms with Crippen LogP contribution in [0, 0.1) is 6.92 Å². The SMILES string of the molecule is Cc1ccc(C(O)c2c(-c3ccccc3)oc3cc(O)ccc23)cc1. The Balaban J connectivity index is 1.95. The molecule has 1 unspecified atom stereocenters. The van der Waals surface area contributed by atoms with Crippen molar-refractivity contribution >= 4 is 11.0 Å². The summed E-state index contributed by atoms with van der Waals surface area (Å²) in [7, 11) is 0. The topological polar surface area (TPSA) is 53.6 Å². The van der Waals surface area contributed by atoms with Gasteiger partial charge in [-0.3, -0.25) is 0 Å². The molecule has 0 bridgehead atoms. The summed E-state index contributed by atoms with van der Waals surface area (Å²) in [4.78, 5) is 0. The van der Waals surface area contributed by atoms with Gasteiger partial charge in [0.05, 0.1) is 0 Å². The fraction of sp³-hybridized carbons (Fsp3) is 0.0909. The highest BCUT2D eigenvalue weighted by Gasteiger charge is 2.23. The molecule has 0 amide bonds. The van der Waals surface area contributed by atoms with Crippen molar-refractivity contribution in [3.8, 4) is 17.1 Å². The first-order valence-electron chi connectivity index (χ1n) is 8.19. The van der Waals surface area contributed by atoms with Gasteiger partial charge in [0.2, 0.25) is 0 Å². The van der Waals surface area contributed by atoms with Crippen molar-refractivity contribution in [2.24, 2.45) is 0 Å². The normalized spacial score (nSPS) is 12.4. The third-order valence-corrected chi connectivity index (χ3v) is 4.41. The minimum atomic E-state index is -0.818. The molecule has 124 valence electrons. The summed E-state index contributed by atoms with van der Waals surface area (Å²) >= 11 is 0. The van der Waals surface area contributed by atoms with E-state index in [4.69, 9.17) is 4.42 Å². The van der Waals surface area contributed by atoms with Gasteiger partial charge in [0.1, 0.15) is 23.2 Å². The van der Waals surface area contributed by atoms with Crippen molar-refractivity contribution in [2.75, 3.05) is 0 Å². The number of rotatable bonds is 3. The molecule has 0 aliphatic heterocycles. The molecular formula is C22H18O3. The fourth-order valence-corrected chi connectivity index (χ4v) is 3.10. The Bertz CT molecular complexity index is 1010. The van der Waals surface area contributed by atoms with Gasteiger partial charge in [-0.1, -0.05) is 60.2 Å². The lowest BCUT2D eigenvalue weighted by molar-refractivity contribution is 0.221. The Labute approximate surface area is 145 Å². The molecule has 0 fully saturated rings. The second kappa shape index (κ2) is 6.11. The van der Waals surface area contributed by atoms with Gasteiger partial charge in [-0.2, -0.15) is 0 Å². The van der Waals surface area contributed by atoms with Crippen LogP contribution < -0.4 is 0 Å². The van der Waals surface area contributed by atoms with E-state index in [-0.39, 0.29) is 5.75 Å². The van der Waals surface area contributed by atoms with E-state index < -0.39 is 6.10 Å². The highest BCUT2D eigenvalue weighted by molar-refractivity contribution is 5.89. The van der Waals surface area contributed by atoms with Gasteiger partial charge in [0, 0.05) is 22.6 Å². The van der Waals surface area contributed by atoms with Gasteiger partial charge >= 0.3 is 0 Å². The molecule has 0 aliphatic carbocycles. The smallest absolute Gasteiger partial charge is 0.141 e. The van der Waals surface area contributed by atoms with Gasteiger partial charge < -0.3 is 14.6 Å². The molecule has 1 atom stereocenters. The summed E-state index contributed by atoms with van der Waals surface area (Å²) in [6.45, 7) is 2.02. The number of benzene rings is 3. The zero-order chi connectivity index (χ0) is 17.4. The number of aromatic hydroxyl groups is 1. The predicted octanol–water partition coefficient (Wildman–Crippen LogP) is 5.20. The molecule has 1 aromatic heterocycles. The maximum atomic E-state index is 11.1. The molecule has 0 radical (unpaired) electrons. The van der Waals surface area contributed by atoms with Crippen molar-refractivity contribution in [2.45, 2.75) is 13.0 Å². The van der Waals surface area contributed by atoms with E-state index in [0.29, 0.717) is 16.9 Å². The molecular weight excluding hydrogens is 312 g/mol. The molecule has 1 heterocycles. The molecule has 3 nitrogen and oxygen atoms in total. The number of phenols is 1. The van der Waals surface area contributed by atoms with Crippen LogP contribution in [0.5, 0.6) is 5.75 Å². The Morgan fingerprint density at radius 3 is 2.32 bits per heavy atom. The van der Waals surface area contributed by atoms with Gasteiger partial charge in [-0.25, -0.2) is 0 Å². The molecule has 2 N–H and O–H groups in total. The molecule has 0 spiro atoms. The van der Waals surface area contributed by atoms with Crippen LogP contribution in [0.1, 0.15) is 22.8 Å². The van der Waals surface area contributed by atoms with Crippen molar-refractivity contribution < 1.29 is 14.6 Å². The first-order valence-corrected chi connectivity index (χ1v) is 8.19. The second-order valence-electron chi connectivity index (χ2n) is 6.20. The Kier molecular flexibility index (Phi) is 3.79. The van der Waals surface area contributed by atoms with Crippen molar-refractivity contribution in [1.29, 1.82) is 0 Å². The number of hydrogen-bond acceptors (Lipinski definition) is 3. The van der Waals surface area contributed by atoms with Crippen LogP contribution in [0.15, 0.2) is 77.2 Å². The lowest BCUT2D eigenvalue weighted by Gasteiger charge is -2.13. The maximum absolute atomic E-state index is 11.1. The Morgan fingerprint density at radius 2 is 1.60 bits per heavy atom. The van der Waals surface area contributed by atoms with Gasteiger partial charge in [0.15, 0.2) is 0 Å². The molecule has 25 heavy (non-hydrogen) atoms. The molecule has 3 aromatic carbocycles. The molecule has 4 aromatic rings. The zero-order valence-corrected chi connectivity index (χ0v) is 13.8. The monoisotopic (exact) mass is 330 g/mol. The number of aryl methyl sites for hydroxylation is 1. The summed E-state index contributed by atoms with van der Waals surface area (Å²) in [6.07, 6.45) is -0.818. The summed E-state index contributed by atoms with van der Waals surface area (Å²) in [5.74, 6) is 0.756. The van der Waals surface area contributed by atoms with E-state index in [1.54, 1.807) is 18.2 Å². The zero-order valence-electron chi connectivity index (χ0n) is 13.8. The maximum Gasteiger partial charge on any atom is 0.141 e. The lowest BCUT2D eigenvalue weighted by Crippen LogP contribution is -2.00. The average Bonchev–Trinajstić information content (AvgIpc) is 3.01. The summed E-state index contributed by atoms with van der Waals surface area (Å²) in [5.41, 5.74) is 4.10. The Hall–Kier alpha value is -3.04. The number of phenolic OH excluding ortho intramolecular Hbond substituents is 1. The lowest BCUT2D eigenvalue weighted by atomic mass is 9.95. The Morgan fingerprint density at radius 1 is 0.880 bits per heavy atom. The van der Waals surface area contributed by atoms with Gasteiger partial charge in [-0.05, 0) is 24.6 Å². The van der Waals surface area contributed by atoms with Gasteiger partial charge in [0.25, 0.3) is 0 Å². The highest BCUT2D eigenvalue weighted by Crippen LogP contribution is 2.40. The number of hydrogen-bond donors (Lipinski definition) is 2. The third-order valence-electron chi connectivity index (χ3n) is 4.41. The predicted molar refractivity (Wildman–Crippen MR) is 98.6 cm³/mol. The number of fused-ring (bicyclic) bond motifs is 1. The van der Waals surface area contributed by atoms with Crippen LogP contribution in [0.25, 0.3) is 22.3 Å². The molecule has 0 saturated carbocycles. The summed E-state index contributed by atoms with van der Waals surface area (Å²) in [5, 5.41) is 21.6. The molecule has 0 saturated heterocycles. The summed E-state index contributed by atoms with van der Waals surface area (Å²) in [6, 6.07) is 22.5. The second-order valence-corrected chi connectivity index (χ2v) is 6.20. The van der Waals surface area contributed by atoms with Crippen LogP contribution in [-0.2, 0) is 0 Å².